The number of rotatable bonds is 4. The van der Waals surface area contributed by atoms with Gasteiger partial charge in [0.25, 0.3) is 0 Å². The van der Waals surface area contributed by atoms with Crippen LogP contribution in [0.15, 0.2) is 39.9 Å². The first-order valence-corrected chi connectivity index (χ1v) is 6.00. The number of urea groups is 1. The number of nitrogens with zero attached hydrogens (tertiary/aromatic N) is 1. The van der Waals surface area contributed by atoms with Gasteiger partial charge in [0, 0.05) is 5.56 Å². The fourth-order valence-corrected chi connectivity index (χ4v) is 1.80. The van der Waals surface area contributed by atoms with Gasteiger partial charge in [0.15, 0.2) is 0 Å². The van der Waals surface area contributed by atoms with E-state index in [0.29, 0.717) is 11.5 Å². The number of hydrogen-bond donors (Lipinski definition) is 3. The van der Waals surface area contributed by atoms with Crippen LogP contribution in [0.1, 0.15) is 21.7 Å². The molecule has 2 rings (SSSR count). The Labute approximate surface area is 120 Å². The highest BCUT2D eigenvalue weighted by Crippen LogP contribution is 2.26. The molecule has 1 heterocycles. The van der Waals surface area contributed by atoms with Crippen molar-refractivity contribution in [2.45, 2.75) is 6.92 Å². The SMILES string of the molecule is Cc1cc(C(=O)O)ccc1-c1ccc(/C=N/NC(N)=O)o1. The van der Waals surface area contributed by atoms with Gasteiger partial charge in [0.05, 0.1) is 11.8 Å². The fourth-order valence-electron chi connectivity index (χ4n) is 1.80. The van der Waals surface area contributed by atoms with Crippen LogP contribution in [0.3, 0.4) is 0 Å². The van der Waals surface area contributed by atoms with Crippen molar-refractivity contribution < 1.29 is 19.1 Å². The van der Waals surface area contributed by atoms with E-state index in [-0.39, 0.29) is 5.56 Å². The number of carboxylic acid groups (broad SMARTS) is 1. The molecule has 0 saturated carbocycles. The standard InChI is InChI=1S/C14H13N3O4/c1-8-6-9(13(18)19)2-4-11(8)12-5-3-10(21-12)7-16-17-14(15)20/h2-7H,1H3,(H,18,19)(H3,15,17,20)/b16-7+. The molecule has 21 heavy (non-hydrogen) atoms. The van der Waals surface area contributed by atoms with Crippen LogP contribution in [0.2, 0.25) is 0 Å². The molecule has 4 N–H and O–H groups in total. The van der Waals surface area contributed by atoms with E-state index < -0.39 is 12.0 Å². The van der Waals surface area contributed by atoms with Gasteiger partial charge in [-0.2, -0.15) is 5.10 Å². The summed E-state index contributed by atoms with van der Waals surface area (Å²) in [6.07, 6.45) is 1.31. The topological polar surface area (TPSA) is 118 Å². The summed E-state index contributed by atoms with van der Waals surface area (Å²) < 4.78 is 5.54. The lowest BCUT2D eigenvalue weighted by Crippen LogP contribution is -2.24. The number of aryl methyl sites for hydroxylation is 1. The molecule has 0 fully saturated rings. The largest absolute Gasteiger partial charge is 0.478 e. The van der Waals surface area contributed by atoms with Crippen molar-refractivity contribution in [2.24, 2.45) is 10.8 Å². The van der Waals surface area contributed by atoms with Crippen LogP contribution < -0.4 is 11.2 Å². The van der Waals surface area contributed by atoms with Crippen molar-refractivity contribution in [3.63, 3.8) is 0 Å². The maximum Gasteiger partial charge on any atom is 0.335 e. The normalized spacial score (nSPS) is 10.7. The van der Waals surface area contributed by atoms with E-state index in [9.17, 15) is 9.59 Å². The second kappa shape index (κ2) is 5.91. The van der Waals surface area contributed by atoms with E-state index in [1.807, 2.05) is 0 Å². The van der Waals surface area contributed by atoms with Gasteiger partial charge in [-0.3, -0.25) is 0 Å². The maximum absolute atomic E-state index is 10.9. The Hall–Kier alpha value is -3.09. The monoisotopic (exact) mass is 287 g/mol. The number of nitrogens with one attached hydrogen (secondary N) is 1. The Balaban J connectivity index is 2.23. The summed E-state index contributed by atoms with van der Waals surface area (Å²) in [5, 5.41) is 12.5. The molecule has 1 aromatic heterocycles. The summed E-state index contributed by atoms with van der Waals surface area (Å²) in [4.78, 5) is 21.4. The lowest BCUT2D eigenvalue weighted by molar-refractivity contribution is 0.0696. The van der Waals surface area contributed by atoms with Crippen LogP contribution in [0, 0.1) is 6.92 Å². The van der Waals surface area contributed by atoms with E-state index in [2.05, 4.69) is 10.5 Å². The molecular formula is C14H13N3O4. The Kier molecular flexibility index (Phi) is 4.03. The fraction of sp³-hybridized carbons (Fsp3) is 0.0714. The molecule has 0 atom stereocenters. The summed E-state index contributed by atoms with van der Waals surface area (Å²) in [5.41, 5.74) is 8.70. The molecule has 0 radical (unpaired) electrons. The Morgan fingerprint density at radius 2 is 2.10 bits per heavy atom. The lowest BCUT2D eigenvalue weighted by Gasteiger charge is -2.03. The first kappa shape index (κ1) is 14.3. The number of carbonyl (C=O) groups excluding carboxylic acids is 1. The summed E-state index contributed by atoms with van der Waals surface area (Å²) in [5.74, 6) is 0.0277. The number of furan rings is 1. The first-order valence-electron chi connectivity index (χ1n) is 6.00. The summed E-state index contributed by atoms with van der Waals surface area (Å²) in [6, 6.07) is 7.40. The van der Waals surface area contributed by atoms with Crippen molar-refractivity contribution in [3.05, 3.63) is 47.2 Å². The van der Waals surface area contributed by atoms with Gasteiger partial charge in [0.2, 0.25) is 0 Å². The van der Waals surface area contributed by atoms with Crippen molar-refractivity contribution in [1.29, 1.82) is 0 Å². The number of benzene rings is 1. The third-order valence-electron chi connectivity index (χ3n) is 2.73. The van der Waals surface area contributed by atoms with Crippen molar-refractivity contribution >= 4 is 18.2 Å². The second-order valence-corrected chi connectivity index (χ2v) is 4.27. The molecule has 1 aromatic carbocycles. The predicted octanol–water partition coefficient (Wildman–Crippen LogP) is 1.96. The zero-order valence-corrected chi connectivity index (χ0v) is 11.2. The number of primary amides is 1. The van der Waals surface area contributed by atoms with E-state index >= 15 is 0 Å². The zero-order chi connectivity index (χ0) is 15.4. The first-order chi connectivity index (χ1) is 9.97. The summed E-state index contributed by atoms with van der Waals surface area (Å²) >= 11 is 0. The average molecular weight is 287 g/mol. The van der Waals surface area contributed by atoms with Gasteiger partial charge < -0.3 is 15.3 Å². The molecule has 2 amide bonds. The number of nitrogens with two attached hydrogens (primary N) is 1. The average Bonchev–Trinajstić information content (AvgIpc) is 2.86. The van der Waals surface area contributed by atoms with Crippen molar-refractivity contribution in [2.75, 3.05) is 0 Å². The minimum atomic E-state index is -0.977. The van der Waals surface area contributed by atoms with Crippen molar-refractivity contribution in [3.8, 4) is 11.3 Å². The highest BCUT2D eigenvalue weighted by Gasteiger charge is 2.10. The van der Waals surface area contributed by atoms with E-state index in [0.717, 1.165) is 11.1 Å². The molecule has 7 heteroatoms. The maximum atomic E-state index is 10.9. The highest BCUT2D eigenvalue weighted by atomic mass is 16.4. The number of carbonyl (C=O) groups is 2. The third-order valence-corrected chi connectivity index (χ3v) is 2.73. The predicted molar refractivity (Wildman–Crippen MR) is 76.2 cm³/mol. The zero-order valence-electron chi connectivity index (χ0n) is 11.2. The van der Waals surface area contributed by atoms with E-state index in [1.165, 1.54) is 12.3 Å². The van der Waals surface area contributed by atoms with Crippen molar-refractivity contribution in [1.82, 2.24) is 5.43 Å². The number of amides is 2. The molecular weight excluding hydrogens is 274 g/mol. The van der Waals surface area contributed by atoms with Gasteiger partial charge in [-0.1, -0.05) is 6.07 Å². The van der Waals surface area contributed by atoms with Crippen LogP contribution >= 0.6 is 0 Å². The number of hydrazone groups is 1. The Bertz CT molecular complexity index is 719. The van der Waals surface area contributed by atoms with Gasteiger partial charge in [0.1, 0.15) is 11.5 Å². The summed E-state index contributed by atoms with van der Waals surface area (Å²) in [7, 11) is 0. The van der Waals surface area contributed by atoms with Crippen LogP contribution in [-0.2, 0) is 0 Å². The number of carboxylic acids is 1. The minimum Gasteiger partial charge on any atom is -0.478 e. The molecule has 2 aromatic rings. The van der Waals surface area contributed by atoms with Crippen LogP contribution in [0.4, 0.5) is 4.79 Å². The molecule has 0 aliphatic heterocycles. The minimum absolute atomic E-state index is 0.218. The van der Waals surface area contributed by atoms with Gasteiger partial charge in [-0.15, -0.1) is 0 Å². The summed E-state index contributed by atoms with van der Waals surface area (Å²) in [6.45, 7) is 1.80. The molecule has 7 nitrogen and oxygen atoms in total. The van der Waals surface area contributed by atoms with Crippen LogP contribution in [0.25, 0.3) is 11.3 Å². The second-order valence-electron chi connectivity index (χ2n) is 4.27. The smallest absolute Gasteiger partial charge is 0.335 e. The van der Waals surface area contributed by atoms with Gasteiger partial charge in [-0.05, 0) is 36.8 Å². The number of hydrogen-bond acceptors (Lipinski definition) is 4. The van der Waals surface area contributed by atoms with E-state index in [1.54, 1.807) is 31.2 Å². The van der Waals surface area contributed by atoms with E-state index in [4.69, 9.17) is 15.3 Å². The van der Waals surface area contributed by atoms with Gasteiger partial charge in [-0.25, -0.2) is 15.0 Å². The lowest BCUT2D eigenvalue weighted by atomic mass is 10.0. The third kappa shape index (κ3) is 3.47. The Morgan fingerprint density at radius 1 is 1.33 bits per heavy atom. The van der Waals surface area contributed by atoms with Gasteiger partial charge >= 0.3 is 12.0 Å². The quantitative estimate of drug-likeness (QED) is 0.588. The van der Waals surface area contributed by atoms with Crippen LogP contribution in [0.5, 0.6) is 0 Å². The molecule has 0 bridgehead atoms. The molecule has 0 saturated heterocycles. The molecule has 108 valence electrons. The molecule has 0 aliphatic rings. The number of aromatic carboxylic acids is 1. The van der Waals surface area contributed by atoms with Crippen LogP contribution in [-0.4, -0.2) is 23.3 Å². The highest BCUT2D eigenvalue weighted by molar-refractivity contribution is 5.89. The molecule has 0 unspecified atom stereocenters. The Morgan fingerprint density at radius 3 is 2.71 bits per heavy atom. The molecule has 0 aliphatic carbocycles. The molecule has 0 spiro atoms.